The number of pyridine rings is 1. The molecule has 2 nitrogen and oxygen atoms in total. The van der Waals surface area contributed by atoms with Crippen LogP contribution in [0.2, 0.25) is 0 Å². The molecule has 0 spiro atoms. The van der Waals surface area contributed by atoms with Crippen molar-refractivity contribution in [2.75, 3.05) is 0 Å². The normalized spacial score (nSPS) is 13.3. The van der Waals surface area contributed by atoms with E-state index in [1.54, 1.807) is 17.5 Å². The van der Waals surface area contributed by atoms with Gasteiger partial charge in [-0.3, -0.25) is 9.78 Å². The van der Waals surface area contributed by atoms with Crippen LogP contribution in [0, 0.1) is 0 Å². The fourth-order valence-electron chi connectivity index (χ4n) is 2.93. The van der Waals surface area contributed by atoms with E-state index in [1.165, 1.54) is 0 Å². The number of halogens is 6. The van der Waals surface area contributed by atoms with Crippen LogP contribution < -0.4 is 0 Å². The molecule has 0 radical (unpaired) electrons. The van der Waals surface area contributed by atoms with Gasteiger partial charge in [0.15, 0.2) is 5.78 Å². The van der Waals surface area contributed by atoms with Crippen molar-refractivity contribution >= 4 is 17.1 Å². The fraction of sp³-hybridized carbons (Fsp3) is 0.200. The van der Waals surface area contributed by atoms with E-state index in [2.05, 4.69) is 4.98 Å². The van der Waals surface area contributed by atoms with Gasteiger partial charge < -0.3 is 0 Å². The Bertz CT molecular complexity index is 977. The number of Topliss-reactive ketones (excluding diaryl/α,β-unsaturated/α-hetero) is 1. The molecule has 0 amide bonds. The molecule has 29 heavy (non-hydrogen) atoms. The number of carbonyl (C=O) groups is 1. The summed E-state index contributed by atoms with van der Waals surface area (Å²) in [5.74, 6) is -1.56. The van der Waals surface area contributed by atoms with E-state index in [9.17, 15) is 31.1 Å². The van der Waals surface area contributed by atoms with Crippen molar-refractivity contribution in [1.82, 2.24) is 4.98 Å². The van der Waals surface area contributed by atoms with Gasteiger partial charge in [-0.25, -0.2) is 0 Å². The maximum Gasteiger partial charge on any atom is 0.418 e. The van der Waals surface area contributed by atoms with Crippen molar-refractivity contribution in [2.24, 2.45) is 0 Å². The van der Waals surface area contributed by atoms with Gasteiger partial charge in [-0.1, -0.05) is 18.2 Å². The van der Waals surface area contributed by atoms with Gasteiger partial charge in [-0.2, -0.15) is 26.3 Å². The second kappa shape index (κ2) is 7.98. The summed E-state index contributed by atoms with van der Waals surface area (Å²) in [5, 5.41) is 1.66. The van der Waals surface area contributed by atoms with Gasteiger partial charge in [0.1, 0.15) is 0 Å². The van der Waals surface area contributed by atoms with E-state index in [4.69, 9.17) is 0 Å². The lowest BCUT2D eigenvalue weighted by molar-refractivity contribution is -0.139. The Balaban J connectivity index is 2.07. The summed E-state index contributed by atoms with van der Waals surface area (Å²) in [6.07, 6.45) is -8.49. The summed E-state index contributed by atoms with van der Waals surface area (Å²) in [5.41, 5.74) is -2.21. The first-order valence-corrected chi connectivity index (χ1v) is 9.21. The Morgan fingerprint density at radius 3 is 2.17 bits per heavy atom. The van der Waals surface area contributed by atoms with Crippen LogP contribution in [0.15, 0.2) is 60.1 Å². The largest absolute Gasteiger partial charge is 0.418 e. The standard InChI is InChI=1S/C20H13F6NOS/c21-19(22,23)13-7-5-12(6-8-13)14(11-16(28)17-4-2-10-29-17)18-15(20(24,25)26)3-1-9-27-18/h1-10,14H,11H2/t14-/m0/s1. The van der Waals surface area contributed by atoms with Crippen LogP contribution in [0.1, 0.15) is 44.4 Å². The van der Waals surface area contributed by atoms with Crippen molar-refractivity contribution in [3.8, 4) is 0 Å². The summed E-state index contributed by atoms with van der Waals surface area (Å²) in [4.78, 5) is 16.8. The second-order valence-electron chi connectivity index (χ2n) is 6.21. The molecule has 3 aromatic rings. The van der Waals surface area contributed by atoms with Crippen LogP contribution in [-0.2, 0) is 12.4 Å². The van der Waals surface area contributed by atoms with Crippen LogP contribution in [0.25, 0.3) is 0 Å². The number of nitrogens with zero attached hydrogens (tertiary/aromatic N) is 1. The van der Waals surface area contributed by atoms with Gasteiger partial charge in [-0.05, 0) is 41.3 Å². The molecule has 0 fully saturated rings. The maximum atomic E-state index is 13.5. The zero-order valence-corrected chi connectivity index (χ0v) is 15.4. The molecular weight excluding hydrogens is 416 g/mol. The van der Waals surface area contributed by atoms with Crippen LogP contribution in [0.5, 0.6) is 0 Å². The number of ketones is 1. The molecule has 3 rings (SSSR count). The predicted octanol–water partition coefficient (Wildman–Crippen LogP) is 6.59. The average molecular weight is 429 g/mol. The molecule has 2 aromatic heterocycles. The molecule has 0 aliphatic heterocycles. The lowest BCUT2D eigenvalue weighted by atomic mass is 9.87. The molecule has 0 saturated heterocycles. The van der Waals surface area contributed by atoms with Gasteiger partial charge in [0.05, 0.1) is 21.7 Å². The van der Waals surface area contributed by atoms with E-state index in [0.717, 1.165) is 53.9 Å². The smallest absolute Gasteiger partial charge is 0.293 e. The molecule has 0 unspecified atom stereocenters. The number of hydrogen-bond acceptors (Lipinski definition) is 3. The molecular formula is C20H13F6NOS. The topological polar surface area (TPSA) is 30.0 Å². The molecule has 0 bridgehead atoms. The lowest BCUT2D eigenvalue weighted by Crippen LogP contribution is -2.17. The summed E-state index contributed by atoms with van der Waals surface area (Å²) in [6.45, 7) is 0. The van der Waals surface area contributed by atoms with Gasteiger partial charge in [0.2, 0.25) is 0 Å². The lowest BCUT2D eigenvalue weighted by Gasteiger charge is -2.21. The first-order chi connectivity index (χ1) is 13.6. The van der Waals surface area contributed by atoms with E-state index in [-0.39, 0.29) is 12.0 Å². The minimum atomic E-state index is -4.72. The van der Waals surface area contributed by atoms with Gasteiger partial charge in [-0.15, -0.1) is 11.3 Å². The minimum Gasteiger partial charge on any atom is -0.293 e. The fourth-order valence-corrected chi connectivity index (χ4v) is 3.61. The number of alkyl halides is 6. The van der Waals surface area contributed by atoms with Crippen LogP contribution in [-0.4, -0.2) is 10.8 Å². The van der Waals surface area contributed by atoms with Crippen molar-refractivity contribution in [3.05, 3.63) is 87.4 Å². The molecule has 9 heteroatoms. The Kier molecular flexibility index (Phi) is 5.79. The zero-order valence-electron chi connectivity index (χ0n) is 14.6. The summed E-state index contributed by atoms with van der Waals surface area (Å²) >= 11 is 1.14. The van der Waals surface area contributed by atoms with E-state index < -0.39 is 40.9 Å². The van der Waals surface area contributed by atoms with Crippen molar-refractivity contribution < 1.29 is 31.1 Å². The Morgan fingerprint density at radius 2 is 1.62 bits per heavy atom. The summed E-state index contributed by atoms with van der Waals surface area (Å²) in [6, 6.07) is 8.88. The highest BCUT2D eigenvalue weighted by Gasteiger charge is 2.37. The Hall–Kier alpha value is -2.68. The van der Waals surface area contributed by atoms with Crippen LogP contribution >= 0.6 is 11.3 Å². The molecule has 2 heterocycles. The third-order valence-corrected chi connectivity index (χ3v) is 5.21. The molecule has 1 aromatic carbocycles. The van der Waals surface area contributed by atoms with E-state index in [0.29, 0.717) is 4.88 Å². The molecule has 0 N–H and O–H groups in total. The highest BCUT2D eigenvalue weighted by Crippen LogP contribution is 2.39. The van der Waals surface area contributed by atoms with Gasteiger partial charge >= 0.3 is 12.4 Å². The number of carbonyl (C=O) groups excluding carboxylic acids is 1. The van der Waals surface area contributed by atoms with Gasteiger partial charge in [0.25, 0.3) is 0 Å². The second-order valence-corrected chi connectivity index (χ2v) is 7.16. The number of rotatable bonds is 5. The number of benzene rings is 1. The van der Waals surface area contributed by atoms with Gasteiger partial charge in [0, 0.05) is 18.5 Å². The summed E-state index contributed by atoms with van der Waals surface area (Å²) < 4.78 is 79.0. The predicted molar refractivity (Wildman–Crippen MR) is 95.8 cm³/mol. The summed E-state index contributed by atoms with van der Waals surface area (Å²) in [7, 11) is 0. The van der Waals surface area contributed by atoms with E-state index >= 15 is 0 Å². The quantitative estimate of drug-likeness (QED) is 0.339. The Labute approximate surface area is 165 Å². The SMILES string of the molecule is O=C(C[C@@H](c1ccc(C(F)(F)F)cc1)c1ncccc1C(F)(F)F)c1cccs1. The molecule has 0 aliphatic rings. The third kappa shape index (κ3) is 4.84. The maximum absolute atomic E-state index is 13.5. The van der Waals surface area contributed by atoms with Crippen LogP contribution in [0.4, 0.5) is 26.3 Å². The number of aromatic nitrogens is 1. The first kappa shape index (κ1) is 21.0. The highest BCUT2D eigenvalue weighted by atomic mass is 32.1. The van der Waals surface area contributed by atoms with Crippen LogP contribution in [0.3, 0.4) is 0 Å². The molecule has 1 atom stereocenters. The third-order valence-electron chi connectivity index (χ3n) is 4.30. The molecule has 0 saturated carbocycles. The zero-order chi connectivity index (χ0) is 21.2. The average Bonchev–Trinajstić information content (AvgIpc) is 3.20. The number of hydrogen-bond donors (Lipinski definition) is 0. The Morgan fingerprint density at radius 1 is 0.931 bits per heavy atom. The molecule has 0 aliphatic carbocycles. The molecule has 152 valence electrons. The van der Waals surface area contributed by atoms with Crippen molar-refractivity contribution in [2.45, 2.75) is 24.7 Å². The minimum absolute atomic E-state index is 0.145. The monoisotopic (exact) mass is 429 g/mol. The first-order valence-electron chi connectivity index (χ1n) is 8.33. The van der Waals surface area contributed by atoms with Crippen molar-refractivity contribution in [3.63, 3.8) is 0 Å². The van der Waals surface area contributed by atoms with E-state index in [1.807, 2.05) is 0 Å². The number of thiophene rings is 1. The van der Waals surface area contributed by atoms with Crippen molar-refractivity contribution in [1.29, 1.82) is 0 Å². The highest BCUT2D eigenvalue weighted by molar-refractivity contribution is 7.12.